The number of piperazine rings is 2. The molecule has 2 fully saturated rings. The van der Waals surface area contributed by atoms with Crippen molar-refractivity contribution in [3.05, 3.63) is 103 Å². The Morgan fingerprint density at radius 3 is 2.11 bits per heavy atom. The SMILES string of the molecule is CCn1c2ccccc2c2cc(-c3nc(-c4ccc(N5CCN(Cc6cn(CCOCCO)nn6)CC5)cc4)c(-c4ccc(N5CCN(C)CC5)cc4)[nH]3)ccc21. The molecule has 57 heavy (non-hydrogen) atoms. The van der Waals surface area contributed by atoms with Gasteiger partial charge in [-0.3, -0.25) is 4.90 Å². The van der Waals surface area contributed by atoms with E-state index in [-0.39, 0.29) is 6.61 Å². The van der Waals surface area contributed by atoms with Crippen molar-refractivity contribution in [2.24, 2.45) is 0 Å². The van der Waals surface area contributed by atoms with Crippen LogP contribution in [0.2, 0.25) is 0 Å². The Morgan fingerprint density at radius 2 is 1.39 bits per heavy atom. The number of H-pyrrole nitrogens is 1. The molecule has 0 atom stereocenters. The van der Waals surface area contributed by atoms with Crippen LogP contribution in [0.25, 0.3) is 55.7 Å². The van der Waals surface area contributed by atoms with Crippen LogP contribution >= 0.6 is 0 Å². The molecule has 5 heterocycles. The molecular weight excluding hydrogens is 713 g/mol. The highest BCUT2D eigenvalue weighted by atomic mass is 16.5. The maximum atomic E-state index is 8.91. The average Bonchev–Trinajstić information content (AvgIpc) is 3.99. The fourth-order valence-corrected chi connectivity index (χ4v) is 8.44. The van der Waals surface area contributed by atoms with Crippen LogP contribution in [0.1, 0.15) is 12.6 Å². The lowest BCUT2D eigenvalue weighted by Crippen LogP contribution is -2.46. The summed E-state index contributed by atoms with van der Waals surface area (Å²) in [5.41, 5.74) is 11.2. The number of imidazole rings is 1. The van der Waals surface area contributed by atoms with E-state index in [1.807, 2.05) is 10.9 Å². The Hall–Kier alpha value is -5.53. The number of hydrogen-bond acceptors (Lipinski definition) is 9. The van der Waals surface area contributed by atoms with Gasteiger partial charge in [0, 0.05) is 122 Å². The number of aliphatic hydroxyl groups excluding tert-OH is 1. The number of aryl methyl sites for hydroxylation is 1. The first-order chi connectivity index (χ1) is 28.0. The normalized spacial score (nSPS) is 15.7. The standard InChI is InChI=1S/C45H52N10O2/c1-3-55-41-7-5-4-6-39(41)40-30-35(12-17-42(40)55)45-46-43(33-8-13-37(14-9-33)52-22-18-50(2)19-23-52)44(47-45)34-10-15-38(16-11-34)53-24-20-51(21-25-53)31-36-32-54(49-48-36)26-28-57-29-27-56/h4-17,30,32,56H,3,18-29,31H2,1-2H3,(H,46,47). The van der Waals surface area contributed by atoms with Crippen molar-refractivity contribution in [1.29, 1.82) is 0 Å². The highest BCUT2D eigenvalue weighted by molar-refractivity contribution is 6.09. The van der Waals surface area contributed by atoms with Crippen molar-refractivity contribution in [1.82, 2.24) is 39.3 Å². The van der Waals surface area contributed by atoms with E-state index in [1.165, 1.54) is 33.2 Å². The van der Waals surface area contributed by atoms with Gasteiger partial charge in [-0.1, -0.05) is 47.7 Å². The second kappa shape index (κ2) is 16.5. The van der Waals surface area contributed by atoms with Gasteiger partial charge in [0.25, 0.3) is 0 Å². The molecule has 12 heteroatoms. The molecule has 294 valence electrons. The number of nitrogens with zero attached hydrogens (tertiary/aromatic N) is 9. The summed E-state index contributed by atoms with van der Waals surface area (Å²) >= 11 is 0. The number of fused-ring (bicyclic) bond motifs is 3. The number of rotatable bonds is 13. The summed E-state index contributed by atoms with van der Waals surface area (Å²) in [6.45, 7) is 13.4. The number of anilines is 2. The van der Waals surface area contributed by atoms with Crippen molar-refractivity contribution in [3.8, 4) is 33.9 Å². The smallest absolute Gasteiger partial charge is 0.138 e. The van der Waals surface area contributed by atoms with Gasteiger partial charge in [0.15, 0.2) is 0 Å². The number of nitrogens with one attached hydrogen (secondary N) is 1. The lowest BCUT2D eigenvalue weighted by molar-refractivity contribution is 0.0851. The molecule has 0 radical (unpaired) electrons. The Bertz CT molecular complexity index is 2420. The first-order valence-electron chi connectivity index (χ1n) is 20.4. The molecule has 2 saturated heterocycles. The van der Waals surface area contributed by atoms with E-state index < -0.39 is 0 Å². The van der Waals surface area contributed by atoms with Crippen LogP contribution < -0.4 is 9.80 Å². The van der Waals surface area contributed by atoms with E-state index in [0.29, 0.717) is 19.8 Å². The van der Waals surface area contributed by atoms with Gasteiger partial charge in [0.1, 0.15) is 5.82 Å². The monoisotopic (exact) mass is 764 g/mol. The summed E-state index contributed by atoms with van der Waals surface area (Å²) < 4.78 is 9.57. The average molecular weight is 765 g/mol. The predicted octanol–water partition coefficient (Wildman–Crippen LogP) is 6.21. The number of aromatic nitrogens is 6. The first kappa shape index (κ1) is 37.1. The van der Waals surface area contributed by atoms with Crippen LogP contribution in [0.5, 0.6) is 0 Å². The predicted molar refractivity (Wildman–Crippen MR) is 229 cm³/mol. The van der Waals surface area contributed by atoms with Gasteiger partial charge in [0.05, 0.1) is 43.4 Å². The van der Waals surface area contributed by atoms with Gasteiger partial charge < -0.3 is 34.1 Å². The Labute approximate surface area is 333 Å². The van der Waals surface area contributed by atoms with Gasteiger partial charge in [-0.05, 0) is 62.5 Å². The molecule has 2 aliphatic rings. The summed E-state index contributed by atoms with van der Waals surface area (Å²) in [5, 5.41) is 20.0. The topological polar surface area (TPSA) is 107 Å². The van der Waals surface area contributed by atoms with E-state index in [9.17, 15) is 0 Å². The molecule has 0 bridgehead atoms. The number of aromatic amines is 1. The van der Waals surface area contributed by atoms with E-state index >= 15 is 0 Å². The highest BCUT2D eigenvalue weighted by Gasteiger charge is 2.22. The van der Waals surface area contributed by atoms with Gasteiger partial charge in [-0.15, -0.1) is 5.10 Å². The summed E-state index contributed by atoms with van der Waals surface area (Å²) in [5.74, 6) is 0.869. The van der Waals surface area contributed by atoms with Crippen molar-refractivity contribution in [2.75, 3.05) is 89.0 Å². The largest absolute Gasteiger partial charge is 0.394 e. The van der Waals surface area contributed by atoms with Gasteiger partial charge in [-0.25, -0.2) is 9.67 Å². The Balaban J connectivity index is 0.957. The minimum absolute atomic E-state index is 0.0300. The minimum Gasteiger partial charge on any atom is -0.394 e. The summed E-state index contributed by atoms with van der Waals surface area (Å²) in [7, 11) is 2.20. The molecule has 9 rings (SSSR count). The van der Waals surface area contributed by atoms with Crippen LogP contribution in [-0.4, -0.2) is 124 Å². The van der Waals surface area contributed by atoms with Crippen LogP contribution in [-0.2, 0) is 24.4 Å². The molecule has 2 N–H and O–H groups in total. The fourth-order valence-electron chi connectivity index (χ4n) is 8.44. The molecule has 0 spiro atoms. The number of aliphatic hydroxyl groups is 1. The number of likely N-dealkylation sites (N-methyl/N-ethyl adjacent to an activating group) is 1. The zero-order chi connectivity index (χ0) is 38.7. The van der Waals surface area contributed by atoms with Crippen molar-refractivity contribution in [3.63, 3.8) is 0 Å². The quantitative estimate of drug-likeness (QED) is 0.133. The molecule has 12 nitrogen and oxygen atoms in total. The van der Waals surface area contributed by atoms with Gasteiger partial charge in [0.2, 0.25) is 0 Å². The molecule has 0 unspecified atom stereocenters. The lowest BCUT2D eigenvalue weighted by atomic mass is 10.0. The molecule has 0 amide bonds. The van der Waals surface area contributed by atoms with Crippen molar-refractivity contribution in [2.45, 2.75) is 26.6 Å². The van der Waals surface area contributed by atoms with E-state index in [2.05, 4.69) is 144 Å². The second-order valence-corrected chi connectivity index (χ2v) is 15.3. The molecule has 7 aromatic rings. The van der Waals surface area contributed by atoms with E-state index in [0.717, 1.165) is 105 Å². The first-order valence-corrected chi connectivity index (χ1v) is 20.4. The molecule has 3 aromatic heterocycles. The Kier molecular flexibility index (Phi) is 10.7. The van der Waals surface area contributed by atoms with Gasteiger partial charge in [-0.2, -0.15) is 0 Å². The lowest BCUT2D eigenvalue weighted by Gasteiger charge is -2.35. The fraction of sp³-hybridized carbons (Fsp3) is 0.356. The Morgan fingerprint density at radius 1 is 0.719 bits per heavy atom. The minimum atomic E-state index is 0.0300. The molecule has 2 aliphatic heterocycles. The number of ether oxygens (including phenoxy) is 1. The summed E-state index contributed by atoms with van der Waals surface area (Å²) in [4.78, 5) is 18.9. The van der Waals surface area contributed by atoms with E-state index in [1.54, 1.807) is 0 Å². The molecular formula is C45H52N10O2. The van der Waals surface area contributed by atoms with Crippen LogP contribution in [0, 0.1) is 0 Å². The van der Waals surface area contributed by atoms with Gasteiger partial charge >= 0.3 is 0 Å². The van der Waals surface area contributed by atoms with E-state index in [4.69, 9.17) is 14.8 Å². The zero-order valence-corrected chi connectivity index (χ0v) is 33.0. The molecule has 0 aliphatic carbocycles. The number of hydrogen-bond donors (Lipinski definition) is 2. The third-order valence-electron chi connectivity index (χ3n) is 11.6. The third-order valence-corrected chi connectivity index (χ3v) is 11.6. The number of benzene rings is 4. The molecule has 4 aromatic carbocycles. The maximum Gasteiger partial charge on any atom is 0.138 e. The maximum absolute atomic E-state index is 8.91. The third kappa shape index (κ3) is 7.78. The van der Waals surface area contributed by atoms with Crippen molar-refractivity contribution < 1.29 is 9.84 Å². The van der Waals surface area contributed by atoms with Crippen LogP contribution in [0.4, 0.5) is 11.4 Å². The van der Waals surface area contributed by atoms with Crippen molar-refractivity contribution >= 4 is 33.2 Å². The summed E-state index contributed by atoms with van der Waals surface area (Å²) in [6, 6.07) is 33.4. The van der Waals surface area contributed by atoms with Crippen LogP contribution in [0.15, 0.2) is 97.2 Å². The zero-order valence-electron chi connectivity index (χ0n) is 33.0. The van der Waals surface area contributed by atoms with Crippen LogP contribution in [0.3, 0.4) is 0 Å². The second-order valence-electron chi connectivity index (χ2n) is 15.3. The summed E-state index contributed by atoms with van der Waals surface area (Å²) in [6.07, 6.45) is 1.99. The number of para-hydroxylation sites is 1. The molecule has 0 saturated carbocycles. The highest BCUT2D eigenvalue weighted by Crippen LogP contribution is 2.37.